The van der Waals surface area contributed by atoms with E-state index in [0.29, 0.717) is 18.5 Å². The third-order valence-corrected chi connectivity index (χ3v) is 3.67. The molecule has 0 radical (unpaired) electrons. The first kappa shape index (κ1) is 12.0. The van der Waals surface area contributed by atoms with Crippen molar-refractivity contribution in [2.75, 3.05) is 13.1 Å². The Morgan fingerprint density at radius 3 is 2.84 bits per heavy atom. The molecule has 0 bridgehead atoms. The molecule has 4 nitrogen and oxygen atoms in total. The predicted octanol–water partition coefficient (Wildman–Crippen LogP) is 1.98. The van der Waals surface area contributed by atoms with Crippen molar-refractivity contribution in [3.05, 3.63) is 36.0 Å². The fraction of sp³-hybridized carbons (Fsp3) is 0.333. The van der Waals surface area contributed by atoms with Gasteiger partial charge in [0.15, 0.2) is 5.78 Å². The van der Waals surface area contributed by atoms with Crippen LogP contribution in [0.15, 0.2) is 30.5 Å². The second-order valence-electron chi connectivity index (χ2n) is 5.04. The standard InChI is InChI=1S/C15H16N2O2/c1-16-10-13(12-6-2-3-7-14(12)16)15(19)17-8-4-5-11(18)9-17/h2-3,6-7,10H,4-5,8-9H2,1H3. The molecule has 0 atom stereocenters. The molecule has 98 valence electrons. The molecule has 1 aromatic heterocycles. The smallest absolute Gasteiger partial charge is 0.256 e. The summed E-state index contributed by atoms with van der Waals surface area (Å²) in [6.07, 6.45) is 3.22. The van der Waals surface area contributed by atoms with Crippen molar-refractivity contribution in [3.63, 3.8) is 0 Å². The molecule has 0 saturated carbocycles. The lowest BCUT2D eigenvalue weighted by atomic mass is 10.1. The number of carbonyl (C=O) groups is 2. The van der Waals surface area contributed by atoms with Crippen LogP contribution in [0.5, 0.6) is 0 Å². The van der Waals surface area contributed by atoms with Crippen LogP contribution in [0.3, 0.4) is 0 Å². The van der Waals surface area contributed by atoms with Crippen molar-refractivity contribution in [3.8, 4) is 0 Å². The lowest BCUT2D eigenvalue weighted by Gasteiger charge is -2.25. The van der Waals surface area contributed by atoms with Gasteiger partial charge >= 0.3 is 0 Å². The fourth-order valence-electron chi connectivity index (χ4n) is 2.69. The summed E-state index contributed by atoms with van der Waals surface area (Å²) >= 11 is 0. The maximum atomic E-state index is 12.5. The highest BCUT2D eigenvalue weighted by Gasteiger charge is 2.24. The summed E-state index contributed by atoms with van der Waals surface area (Å²) in [6.45, 7) is 0.926. The Morgan fingerprint density at radius 1 is 1.26 bits per heavy atom. The summed E-state index contributed by atoms with van der Waals surface area (Å²) in [4.78, 5) is 25.7. The molecule has 1 amide bonds. The van der Waals surface area contributed by atoms with Crippen molar-refractivity contribution >= 4 is 22.6 Å². The van der Waals surface area contributed by atoms with Crippen molar-refractivity contribution in [1.82, 2.24) is 9.47 Å². The summed E-state index contributed by atoms with van der Waals surface area (Å²) in [7, 11) is 1.93. The Labute approximate surface area is 111 Å². The van der Waals surface area contributed by atoms with Gasteiger partial charge in [0, 0.05) is 37.1 Å². The second kappa shape index (κ2) is 4.53. The molecular formula is C15H16N2O2. The van der Waals surface area contributed by atoms with Crippen molar-refractivity contribution < 1.29 is 9.59 Å². The number of aryl methyl sites for hydroxylation is 1. The third-order valence-electron chi connectivity index (χ3n) is 3.67. The van der Waals surface area contributed by atoms with E-state index >= 15 is 0 Å². The van der Waals surface area contributed by atoms with Gasteiger partial charge in [-0.25, -0.2) is 0 Å². The molecule has 2 aromatic rings. The Bertz CT molecular complexity index is 657. The molecule has 1 aliphatic rings. The van der Waals surface area contributed by atoms with E-state index in [4.69, 9.17) is 0 Å². The van der Waals surface area contributed by atoms with E-state index in [1.165, 1.54) is 0 Å². The first-order chi connectivity index (χ1) is 9.16. The minimum absolute atomic E-state index is 0.0372. The highest BCUT2D eigenvalue weighted by molar-refractivity contribution is 6.08. The van der Waals surface area contributed by atoms with Gasteiger partial charge in [0.25, 0.3) is 5.91 Å². The Morgan fingerprint density at radius 2 is 2.05 bits per heavy atom. The van der Waals surface area contributed by atoms with Gasteiger partial charge in [-0.3, -0.25) is 9.59 Å². The molecule has 4 heteroatoms. The topological polar surface area (TPSA) is 42.3 Å². The van der Waals surface area contributed by atoms with Gasteiger partial charge in [-0.05, 0) is 12.5 Å². The number of aromatic nitrogens is 1. The van der Waals surface area contributed by atoms with E-state index in [9.17, 15) is 9.59 Å². The van der Waals surface area contributed by atoms with Crippen molar-refractivity contribution in [2.45, 2.75) is 12.8 Å². The summed E-state index contributed by atoms with van der Waals surface area (Å²) in [5.41, 5.74) is 1.72. The maximum Gasteiger partial charge on any atom is 0.256 e. The van der Waals surface area contributed by atoms with Crippen LogP contribution in [0.2, 0.25) is 0 Å². The molecule has 1 saturated heterocycles. The number of hydrogen-bond acceptors (Lipinski definition) is 2. The Balaban J connectivity index is 2.00. The lowest BCUT2D eigenvalue weighted by molar-refractivity contribution is -0.121. The average Bonchev–Trinajstić information content (AvgIpc) is 2.76. The largest absolute Gasteiger partial charge is 0.350 e. The fourth-order valence-corrected chi connectivity index (χ4v) is 2.69. The van der Waals surface area contributed by atoms with E-state index in [2.05, 4.69) is 0 Å². The van der Waals surface area contributed by atoms with E-state index < -0.39 is 0 Å². The molecule has 2 heterocycles. The molecule has 19 heavy (non-hydrogen) atoms. The van der Waals surface area contributed by atoms with Gasteiger partial charge in [0.2, 0.25) is 0 Å². The van der Waals surface area contributed by atoms with Crippen LogP contribution in [-0.2, 0) is 11.8 Å². The minimum Gasteiger partial charge on any atom is -0.350 e. The quantitative estimate of drug-likeness (QED) is 0.783. The maximum absolute atomic E-state index is 12.5. The molecule has 1 aliphatic heterocycles. The molecule has 1 aromatic carbocycles. The van der Waals surface area contributed by atoms with Gasteiger partial charge in [0.05, 0.1) is 12.1 Å². The molecule has 3 rings (SSSR count). The molecule has 1 fully saturated rings. The van der Waals surface area contributed by atoms with Gasteiger partial charge < -0.3 is 9.47 Å². The summed E-state index contributed by atoms with van der Waals surface area (Å²) in [5.74, 6) is 0.115. The van der Waals surface area contributed by atoms with Crippen LogP contribution >= 0.6 is 0 Å². The van der Waals surface area contributed by atoms with Crippen molar-refractivity contribution in [2.24, 2.45) is 7.05 Å². The van der Waals surface area contributed by atoms with Gasteiger partial charge in [-0.1, -0.05) is 18.2 Å². The first-order valence-corrected chi connectivity index (χ1v) is 6.52. The summed E-state index contributed by atoms with van der Waals surface area (Å²) < 4.78 is 1.95. The van der Waals surface area contributed by atoms with Crippen LogP contribution in [0.25, 0.3) is 10.9 Å². The number of carbonyl (C=O) groups excluding carboxylic acids is 2. The van der Waals surface area contributed by atoms with E-state index in [-0.39, 0.29) is 18.2 Å². The predicted molar refractivity (Wildman–Crippen MR) is 73.1 cm³/mol. The number of rotatable bonds is 1. The zero-order valence-corrected chi connectivity index (χ0v) is 10.9. The lowest BCUT2D eigenvalue weighted by Crippen LogP contribution is -2.40. The van der Waals surface area contributed by atoms with Gasteiger partial charge in [-0.15, -0.1) is 0 Å². The Hall–Kier alpha value is -2.10. The van der Waals surface area contributed by atoms with E-state index in [1.54, 1.807) is 4.90 Å². The number of fused-ring (bicyclic) bond motifs is 1. The normalized spacial score (nSPS) is 16.1. The minimum atomic E-state index is -0.0372. The zero-order valence-electron chi connectivity index (χ0n) is 10.9. The number of para-hydroxylation sites is 1. The number of likely N-dealkylation sites (tertiary alicyclic amines) is 1. The summed E-state index contributed by atoms with van der Waals surface area (Å²) in [6, 6.07) is 7.84. The average molecular weight is 256 g/mol. The van der Waals surface area contributed by atoms with Crippen molar-refractivity contribution in [1.29, 1.82) is 0 Å². The van der Waals surface area contributed by atoms with Crippen LogP contribution in [0.4, 0.5) is 0 Å². The number of nitrogens with zero attached hydrogens (tertiary/aromatic N) is 2. The molecular weight excluding hydrogens is 240 g/mol. The van der Waals surface area contributed by atoms with E-state index in [0.717, 1.165) is 17.3 Å². The van der Waals surface area contributed by atoms with Crippen LogP contribution < -0.4 is 0 Å². The van der Waals surface area contributed by atoms with Crippen LogP contribution in [-0.4, -0.2) is 34.2 Å². The third kappa shape index (κ3) is 2.03. The first-order valence-electron chi connectivity index (χ1n) is 6.52. The number of ketones is 1. The number of benzene rings is 1. The molecule has 0 aliphatic carbocycles. The summed E-state index contributed by atoms with van der Waals surface area (Å²) in [5, 5.41) is 0.952. The van der Waals surface area contributed by atoms with Crippen LogP contribution in [0.1, 0.15) is 23.2 Å². The van der Waals surface area contributed by atoms with Crippen LogP contribution in [0, 0.1) is 0 Å². The number of piperidine rings is 1. The highest BCUT2D eigenvalue weighted by atomic mass is 16.2. The SMILES string of the molecule is Cn1cc(C(=O)N2CCCC(=O)C2)c2ccccc21. The zero-order chi connectivity index (χ0) is 13.4. The van der Waals surface area contributed by atoms with E-state index in [1.807, 2.05) is 42.1 Å². The highest BCUT2D eigenvalue weighted by Crippen LogP contribution is 2.22. The monoisotopic (exact) mass is 256 g/mol. The molecule has 0 N–H and O–H groups in total. The number of amides is 1. The second-order valence-corrected chi connectivity index (χ2v) is 5.04. The Kier molecular flexibility index (Phi) is 2.85. The molecule has 0 unspecified atom stereocenters. The molecule has 0 spiro atoms. The van der Waals surface area contributed by atoms with Gasteiger partial charge in [-0.2, -0.15) is 0 Å². The number of hydrogen-bond donors (Lipinski definition) is 0. The van der Waals surface area contributed by atoms with Gasteiger partial charge in [0.1, 0.15) is 0 Å². The number of Topliss-reactive ketones (excluding diaryl/α,β-unsaturated/α-hetero) is 1.